The minimum atomic E-state index is -1.27. The van der Waals surface area contributed by atoms with Crippen molar-refractivity contribution in [2.24, 2.45) is 5.41 Å². The summed E-state index contributed by atoms with van der Waals surface area (Å²) in [6.45, 7) is 2.30. The van der Waals surface area contributed by atoms with Gasteiger partial charge in [-0.25, -0.2) is 0 Å². The standard InChI is InChI=1S/C18H25NO5/c1-2-9-18(17(23)24)12-19(10-8-15(18)21)16(22)7-6-13-4-3-5-14(20)11-13/h3-5,11,15,20-21H,2,6-10,12H2,1H3,(H,23,24)/t15-,18-/m1/s1. The maximum atomic E-state index is 12.5. The number of aryl methyl sites for hydroxylation is 1. The van der Waals surface area contributed by atoms with Gasteiger partial charge in [-0.15, -0.1) is 0 Å². The summed E-state index contributed by atoms with van der Waals surface area (Å²) in [6.07, 6.45) is 1.07. The second-order valence-corrected chi connectivity index (χ2v) is 6.50. The van der Waals surface area contributed by atoms with E-state index in [9.17, 15) is 24.9 Å². The van der Waals surface area contributed by atoms with Crippen LogP contribution in [0.5, 0.6) is 5.75 Å². The van der Waals surface area contributed by atoms with E-state index < -0.39 is 17.5 Å². The molecule has 1 heterocycles. The highest BCUT2D eigenvalue weighted by Gasteiger charge is 2.49. The van der Waals surface area contributed by atoms with Gasteiger partial charge in [0.1, 0.15) is 11.2 Å². The molecule has 1 amide bonds. The number of likely N-dealkylation sites (tertiary alicyclic amines) is 1. The van der Waals surface area contributed by atoms with Crippen molar-refractivity contribution in [3.63, 3.8) is 0 Å². The molecule has 2 rings (SSSR count). The van der Waals surface area contributed by atoms with Crippen molar-refractivity contribution in [2.45, 2.75) is 45.1 Å². The van der Waals surface area contributed by atoms with Crippen molar-refractivity contribution in [1.82, 2.24) is 4.90 Å². The monoisotopic (exact) mass is 335 g/mol. The smallest absolute Gasteiger partial charge is 0.314 e. The van der Waals surface area contributed by atoms with Crippen LogP contribution >= 0.6 is 0 Å². The molecule has 2 atom stereocenters. The summed E-state index contributed by atoms with van der Waals surface area (Å²) >= 11 is 0. The average Bonchev–Trinajstić information content (AvgIpc) is 2.54. The number of nitrogens with zero attached hydrogens (tertiary/aromatic N) is 1. The number of rotatable bonds is 6. The molecule has 6 heteroatoms. The number of aliphatic hydroxyl groups excluding tert-OH is 1. The summed E-state index contributed by atoms with van der Waals surface area (Å²) < 4.78 is 0. The summed E-state index contributed by atoms with van der Waals surface area (Å²) in [5, 5.41) is 29.3. The van der Waals surface area contributed by atoms with Crippen LogP contribution in [0, 0.1) is 5.41 Å². The lowest BCUT2D eigenvalue weighted by molar-refractivity contribution is -0.166. The maximum absolute atomic E-state index is 12.5. The van der Waals surface area contributed by atoms with Crippen LogP contribution in [-0.2, 0) is 16.0 Å². The number of carboxylic acid groups (broad SMARTS) is 1. The van der Waals surface area contributed by atoms with Gasteiger partial charge in [0.05, 0.1) is 6.10 Å². The zero-order valence-corrected chi connectivity index (χ0v) is 13.9. The number of piperidine rings is 1. The van der Waals surface area contributed by atoms with Crippen LogP contribution in [0.15, 0.2) is 24.3 Å². The van der Waals surface area contributed by atoms with Gasteiger partial charge in [0.15, 0.2) is 0 Å². The molecule has 1 saturated heterocycles. The van der Waals surface area contributed by atoms with E-state index in [-0.39, 0.29) is 31.0 Å². The van der Waals surface area contributed by atoms with Crippen molar-refractivity contribution in [3.05, 3.63) is 29.8 Å². The number of benzene rings is 1. The molecule has 1 aromatic rings. The largest absolute Gasteiger partial charge is 0.508 e. The van der Waals surface area contributed by atoms with E-state index in [0.29, 0.717) is 25.8 Å². The number of carbonyl (C=O) groups excluding carboxylic acids is 1. The summed E-state index contributed by atoms with van der Waals surface area (Å²) in [7, 11) is 0. The van der Waals surface area contributed by atoms with Gasteiger partial charge in [-0.05, 0) is 37.0 Å². The van der Waals surface area contributed by atoms with Crippen LogP contribution in [0.4, 0.5) is 0 Å². The number of aliphatic carboxylic acids is 1. The highest BCUT2D eigenvalue weighted by Crippen LogP contribution is 2.35. The van der Waals surface area contributed by atoms with Gasteiger partial charge in [-0.3, -0.25) is 9.59 Å². The number of hydrogen-bond donors (Lipinski definition) is 3. The number of aliphatic hydroxyl groups is 1. The van der Waals surface area contributed by atoms with Crippen LogP contribution in [-0.4, -0.2) is 51.3 Å². The minimum absolute atomic E-state index is 0.0518. The Balaban J connectivity index is 2.03. The first-order valence-corrected chi connectivity index (χ1v) is 8.36. The summed E-state index contributed by atoms with van der Waals surface area (Å²) in [4.78, 5) is 25.8. The predicted molar refractivity (Wildman–Crippen MR) is 88.6 cm³/mol. The van der Waals surface area contributed by atoms with E-state index >= 15 is 0 Å². The second-order valence-electron chi connectivity index (χ2n) is 6.50. The Morgan fingerprint density at radius 2 is 2.12 bits per heavy atom. The molecular weight excluding hydrogens is 310 g/mol. The zero-order chi connectivity index (χ0) is 17.7. The number of phenolic OH excluding ortho intramolecular Hbond substituents is 1. The van der Waals surface area contributed by atoms with Crippen molar-refractivity contribution in [2.75, 3.05) is 13.1 Å². The first-order valence-electron chi connectivity index (χ1n) is 8.36. The van der Waals surface area contributed by atoms with Crippen molar-refractivity contribution in [1.29, 1.82) is 0 Å². The van der Waals surface area contributed by atoms with E-state index in [1.165, 1.54) is 0 Å². The Morgan fingerprint density at radius 1 is 1.38 bits per heavy atom. The predicted octanol–water partition coefficient (Wildman–Crippen LogP) is 1.79. The molecule has 132 valence electrons. The molecular formula is C18H25NO5. The first-order chi connectivity index (χ1) is 11.4. The molecule has 0 bridgehead atoms. The third-order valence-corrected chi connectivity index (χ3v) is 4.80. The highest BCUT2D eigenvalue weighted by atomic mass is 16.4. The van der Waals surface area contributed by atoms with Crippen LogP contribution in [0.25, 0.3) is 0 Å². The topological polar surface area (TPSA) is 98.1 Å². The average molecular weight is 335 g/mol. The number of carbonyl (C=O) groups is 2. The number of hydrogen-bond acceptors (Lipinski definition) is 4. The molecule has 1 aliphatic heterocycles. The Morgan fingerprint density at radius 3 is 2.75 bits per heavy atom. The molecule has 1 aliphatic rings. The van der Waals surface area contributed by atoms with Gasteiger partial charge in [-0.1, -0.05) is 25.5 Å². The van der Waals surface area contributed by atoms with Crippen LogP contribution in [0.1, 0.15) is 38.2 Å². The lowest BCUT2D eigenvalue weighted by atomic mass is 9.74. The van der Waals surface area contributed by atoms with Crippen molar-refractivity contribution < 1.29 is 24.9 Å². The second kappa shape index (κ2) is 7.66. The van der Waals surface area contributed by atoms with Crippen molar-refractivity contribution in [3.8, 4) is 5.75 Å². The van der Waals surface area contributed by atoms with E-state index in [1.807, 2.05) is 13.0 Å². The molecule has 0 spiro atoms. The molecule has 0 saturated carbocycles. The fraction of sp³-hybridized carbons (Fsp3) is 0.556. The summed E-state index contributed by atoms with van der Waals surface area (Å²) in [5.41, 5.74) is -0.410. The van der Waals surface area contributed by atoms with Gasteiger partial charge in [0, 0.05) is 19.5 Å². The Hall–Kier alpha value is -2.08. The van der Waals surface area contributed by atoms with Gasteiger partial charge in [0.2, 0.25) is 5.91 Å². The molecule has 0 radical (unpaired) electrons. The summed E-state index contributed by atoms with van der Waals surface area (Å²) in [6, 6.07) is 6.75. The van der Waals surface area contributed by atoms with E-state index in [2.05, 4.69) is 0 Å². The lowest BCUT2D eigenvalue weighted by Crippen LogP contribution is -2.57. The highest BCUT2D eigenvalue weighted by molar-refractivity contribution is 5.80. The number of phenols is 1. The van der Waals surface area contributed by atoms with E-state index in [4.69, 9.17) is 0 Å². The molecule has 1 aromatic carbocycles. The van der Waals surface area contributed by atoms with E-state index in [0.717, 1.165) is 5.56 Å². The lowest BCUT2D eigenvalue weighted by Gasteiger charge is -2.43. The Labute approximate surface area is 141 Å². The summed E-state index contributed by atoms with van der Waals surface area (Å²) in [5.74, 6) is -0.997. The number of carboxylic acids is 1. The normalized spacial score (nSPS) is 23.9. The number of amides is 1. The molecule has 6 nitrogen and oxygen atoms in total. The van der Waals surface area contributed by atoms with Gasteiger partial charge in [-0.2, -0.15) is 0 Å². The van der Waals surface area contributed by atoms with Gasteiger partial charge in [0.25, 0.3) is 0 Å². The van der Waals surface area contributed by atoms with Crippen LogP contribution in [0.3, 0.4) is 0 Å². The molecule has 1 fully saturated rings. The molecule has 0 unspecified atom stereocenters. The first kappa shape index (κ1) is 18.3. The van der Waals surface area contributed by atoms with Crippen molar-refractivity contribution >= 4 is 11.9 Å². The fourth-order valence-electron chi connectivity index (χ4n) is 3.42. The van der Waals surface area contributed by atoms with E-state index in [1.54, 1.807) is 23.1 Å². The molecule has 0 aliphatic carbocycles. The van der Waals surface area contributed by atoms with Crippen LogP contribution in [0.2, 0.25) is 0 Å². The minimum Gasteiger partial charge on any atom is -0.508 e. The molecule has 24 heavy (non-hydrogen) atoms. The van der Waals surface area contributed by atoms with Crippen LogP contribution < -0.4 is 0 Å². The zero-order valence-electron chi connectivity index (χ0n) is 13.9. The maximum Gasteiger partial charge on any atom is 0.314 e. The van der Waals surface area contributed by atoms with Gasteiger partial charge < -0.3 is 20.2 Å². The van der Waals surface area contributed by atoms with Gasteiger partial charge >= 0.3 is 5.97 Å². The SMILES string of the molecule is CCC[C@@]1(C(=O)O)CN(C(=O)CCc2cccc(O)c2)CC[C@H]1O. The molecule has 3 N–H and O–H groups in total. The number of aromatic hydroxyl groups is 1. The Kier molecular flexibility index (Phi) is 5.83. The molecule has 0 aromatic heterocycles. The Bertz CT molecular complexity index is 603. The third-order valence-electron chi connectivity index (χ3n) is 4.80. The quantitative estimate of drug-likeness (QED) is 0.736. The third kappa shape index (κ3) is 3.87. The fourth-order valence-corrected chi connectivity index (χ4v) is 3.42.